The lowest BCUT2D eigenvalue weighted by atomic mass is 10.0. The number of aromatic nitrogens is 1. The van der Waals surface area contributed by atoms with Gasteiger partial charge in [0.2, 0.25) is 0 Å². The van der Waals surface area contributed by atoms with Crippen LogP contribution in [0.25, 0.3) is 10.9 Å². The smallest absolute Gasteiger partial charge is 0.195 e. The Kier molecular flexibility index (Phi) is 3.14. The molecule has 0 spiro atoms. The van der Waals surface area contributed by atoms with E-state index in [9.17, 15) is 13.6 Å². The van der Waals surface area contributed by atoms with E-state index in [1.54, 1.807) is 6.07 Å². The van der Waals surface area contributed by atoms with Crippen LogP contribution < -0.4 is 0 Å². The number of halogens is 3. The Balaban J connectivity index is 2.15. The van der Waals surface area contributed by atoms with Gasteiger partial charge in [0, 0.05) is 32.7 Å². The van der Waals surface area contributed by atoms with E-state index in [4.69, 9.17) is 0 Å². The molecule has 0 aliphatic rings. The molecule has 1 N–H and O–H groups in total. The van der Waals surface area contributed by atoms with Crippen molar-refractivity contribution < 1.29 is 13.6 Å². The van der Waals surface area contributed by atoms with Crippen LogP contribution in [-0.4, -0.2) is 10.8 Å². The molecule has 0 amide bonds. The monoisotopic (exact) mass is 335 g/mol. The van der Waals surface area contributed by atoms with Gasteiger partial charge in [0.15, 0.2) is 5.78 Å². The van der Waals surface area contributed by atoms with E-state index in [2.05, 4.69) is 20.9 Å². The first kappa shape index (κ1) is 13.0. The van der Waals surface area contributed by atoms with Crippen LogP contribution in [0.15, 0.2) is 47.1 Å². The van der Waals surface area contributed by atoms with Crippen LogP contribution in [0.1, 0.15) is 15.9 Å². The van der Waals surface area contributed by atoms with Gasteiger partial charge >= 0.3 is 0 Å². The second kappa shape index (κ2) is 4.83. The van der Waals surface area contributed by atoms with Crippen molar-refractivity contribution in [3.05, 3.63) is 69.8 Å². The fourth-order valence-electron chi connectivity index (χ4n) is 2.12. The molecule has 0 radical (unpaired) electrons. The van der Waals surface area contributed by atoms with Gasteiger partial charge in [0.25, 0.3) is 0 Å². The maximum Gasteiger partial charge on any atom is 0.195 e. The Morgan fingerprint density at radius 3 is 2.60 bits per heavy atom. The average molecular weight is 336 g/mol. The van der Waals surface area contributed by atoms with Crippen molar-refractivity contribution in [3.63, 3.8) is 0 Å². The minimum absolute atomic E-state index is 0.210. The number of hydrogen-bond donors (Lipinski definition) is 1. The summed E-state index contributed by atoms with van der Waals surface area (Å²) in [5.41, 5.74) is 1.18. The van der Waals surface area contributed by atoms with Crippen molar-refractivity contribution in [2.45, 2.75) is 0 Å². The Labute approximate surface area is 121 Å². The first-order valence-corrected chi connectivity index (χ1v) is 6.61. The highest BCUT2D eigenvalue weighted by molar-refractivity contribution is 9.10. The fourth-order valence-corrected chi connectivity index (χ4v) is 2.59. The van der Waals surface area contributed by atoms with Gasteiger partial charge in [-0.3, -0.25) is 4.79 Å². The van der Waals surface area contributed by atoms with E-state index < -0.39 is 11.6 Å². The molecule has 2 nitrogen and oxygen atoms in total. The highest BCUT2D eigenvalue weighted by atomic mass is 79.9. The second-order valence-electron chi connectivity index (χ2n) is 4.38. The van der Waals surface area contributed by atoms with Crippen LogP contribution in [0, 0.1) is 11.6 Å². The number of hydrogen-bond acceptors (Lipinski definition) is 1. The largest absolute Gasteiger partial charge is 0.360 e. The van der Waals surface area contributed by atoms with Crippen molar-refractivity contribution in [1.82, 2.24) is 4.98 Å². The lowest BCUT2D eigenvalue weighted by Gasteiger charge is -2.01. The number of fused-ring (bicyclic) bond motifs is 1. The van der Waals surface area contributed by atoms with Crippen molar-refractivity contribution >= 4 is 32.6 Å². The van der Waals surface area contributed by atoms with Gasteiger partial charge in [-0.2, -0.15) is 0 Å². The normalized spacial score (nSPS) is 10.9. The molecule has 2 aromatic carbocycles. The lowest BCUT2D eigenvalue weighted by Crippen LogP contribution is -2.01. The van der Waals surface area contributed by atoms with Gasteiger partial charge in [-0.1, -0.05) is 15.9 Å². The summed E-state index contributed by atoms with van der Waals surface area (Å²) < 4.78 is 27.1. The summed E-state index contributed by atoms with van der Waals surface area (Å²) in [6.07, 6.45) is 1.51. The SMILES string of the molecule is O=C(c1cc(F)cc(Br)c1)c1c[nH]c2ccc(F)cc12. The van der Waals surface area contributed by atoms with Crippen LogP contribution in [0.2, 0.25) is 0 Å². The van der Waals surface area contributed by atoms with Gasteiger partial charge in [0.1, 0.15) is 11.6 Å². The molecule has 0 unspecified atom stereocenters. The molecule has 0 aliphatic heterocycles. The van der Waals surface area contributed by atoms with E-state index in [0.29, 0.717) is 20.9 Å². The molecule has 1 heterocycles. The fraction of sp³-hybridized carbons (Fsp3) is 0. The molecular weight excluding hydrogens is 328 g/mol. The first-order chi connectivity index (χ1) is 9.54. The van der Waals surface area contributed by atoms with Gasteiger partial charge in [-0.05, 0) is 36.4 Å². The molecule has 100 valence electrons. The third-order valence-electron chi connectivity index (χ3n) is 3.01. The molecule has 0 saturated carbocycles. The third kappa shape index (κ3) is 2.25. The standard InChI is InChI=1S/C15H8BrF2NO/c16-9-3-8(4-11(18)5-9)15(20)13-7-19-14-2-1-10(17)6-12(13)14/h1-7,19H. The summed E-state index contributed by atoms with van der Waals surface area (Å²) >= 11 is 3.15. The maximum atomic E-state index is 13.4. The number of benzene rings is 2. The Morgan fingerprint density at radius 2 is 1.85 bits per heavy atom. The second-order valence-corrected chi connectivity index (χ2v) is 5.30. The summed E-state index contributed by atoms with van der Waals surface area (Å²) in [5, 5.41) is 0.482. The van der Waals surface area contributed by atoms with Crippen LogP contribution in [0.4, 0.5) is 8.78 Å². The van der Waals surface area contributed by atoms with Crippen LogP contribution in [0.5, 0.6) is 0 Å². The van der Waals surface area contributed by atoms with E-state index in [1.807, 2.05) is 0 Å². The van der Waals surface area contributed by atoms with Crippen molar-refractivity contribution in [2.75, 3.05) is 0 Å². The average Bonchev–Trinajstić information content (AvgIpc) is 2.79. The molecule has 0 fully saturated rings. The molecular formula is C15H8BrF2NO. The molecule has 20 heavy (non-hydrogen) atoms. The molecule has 0 bridgehead atoms. The van der Waals surface area contributed by atoms with Crippen molar-refractivity contribution in [1.29, 1.82) is 0 Å². The topological polar surface area (TPSA) is 32.9 Å². The maximum absolute atomic E-state index is 13.4. The number of carbonyl (C=O) groups is 1. The summed E-state index contributed by atoms with van der Waals surface area (Å²) in [6, 6.07) is 8.11. The van der Waals surface area contributed by atoms with Crippen LogP contribution in [0.3, 0.4) is 0 Å². The van der Waals surface area contributed by atoms with E-state index in [0.717, 1.165) is 6.07 Å². The number of nitrogens with one attached hydrogen (secondary N) is 1. The predicted octanol–water partition coefficient (Wildman–Crippen LogP) is 4.44. The van der Waals surface area contributed by atoms with Gasteiger partial charge in [-0.25, -0.2) is 8.78 Å². The minimum atomic E-state index is -0.506. The summed E-state index contributed by atoms with van der Waals surface area (Å²) in [6.45, 7) is 0. The highest BCUT2D eigenvalue weighted by Gasteiger charge is 2.16. The van der Waals surface area contributed by atoms with E-state index in [1.165, 1.54) is 30.5 Å². The molecule has 0 saturated heterocycles. The van der Waals surface area contributed by atoms with Crippen molar-refractivity contribution in [3.8, 4) is 0 Å². The number of H-pyrrole nitrogens is 1. The van der Waals surface area contributed by atoms with E-state index in [-0.39, 0.29) is 11.3 Å². The molecule has 3 rings (SSSR count). The Morgan fingerprint density at radius 1 is 1.05 bits per heavy atom. The molecule has 0 atom stereocenters. The molecule has 1 aromatic heterocycles. The highest BCUT2D eigenvalue weighted by Crippen LogP contribution is 2.24. The van der Waals surface area contributed by atoms with E-state index >= 15 is 0 Å². The zero-order valence-electron chi connectivity index (χ0n) is 10.1. The minimum Gasteiger partial charge on any atom is -0.360 e. The number of carbonyl (C=O) groups excluding carboxylic acids is 1. The van der Waals surface area contributed by atoms with Crippen molar-refractivity contribution in [2.24, 2.45) is 0 Å². The Bertz CT molecular complexity index is 806. The predicted molar refractivity (Wildman–Crippen MR) is 75.8 cm³/mol. The first-order valence-electron chi connectivity index (χ1n) is 5.82. The molecule has 5 heteroatoms. The number of ketones is 1. The number of rotatable bonds is 2. The quantitative estimate of drug-likeness (QED) is 0.690. The number of aromatic amines is 1. The zero-order valence-corrected chi connectivity index (χ0v) is 11.7. The van der Waals surface area contributed by atoms with Gasteiger partial charge < -0.3 is 4.98 Å². The molecule has 3 aromatic rings. The Hall–Kier alpha value is -2.01. The van der Waals surface area contributed by atoms with Gasteiger partial charge in [-0.15, -0.1) is 0 Å². The summed E-state index contributed by atoms with van der Waals surface area (Å²) in [5.74, 6) is -1.29. The third-order valence-corrected chi connectivity index (χ3v) is 3.47. The van der Waals surface area contributed by atoms with Crippen LogP contribution >= 0.6 is 15.9 Å². The summed E-state index contributed by atoms with van der Waals surface area (Å²) in [7, 11) is 0. The van der Waals surface area contributed by atoms with Crippen LogP contribution in [-0.2, 0) is 0 Å². The lowest BCUT2D eigenvalue weighted by molar-refractivity contribution is 0.104. The van der Waals surface area contributed by atoms with Gasteiger partial charge in [0.05, 0.1) is 0 Å². The molecule has 0 aliphatic carbocycles. The zero-order chi connectivity index (χ0) is 14.3. The summed E-state index contributed by atoms with van der Waals surface area (Å²) in [4.78, 5) is 15.3.